The number of hydrogen-bond donors (Lipinski definition) is 1. The van der Waals surface area contributed by atoms with E-state index in [4.69, 9.17) is 9.84 Å². The number of carbonyl (C=O) groups is 1. The van der Waals surface area contributed by atoms with Crippen molar-refractivity contribution >= 4 is 5.97 Å². The maximum Gasteiger partial charge on any atom is 0.419 e. The van der Waals surface area contributed by atoms with E-state index in [1.54, 1.807) is 6.92 Å². The Kier molecular flexibility index (Phi) is 3.88. The summed E-state index contributed by atoms with van der Waals surface area (Å²) in [5.41, 5.74) is -0.429. The second kappa shape index (κ2) is 5.47. The van der Waals surface area contributed by atoms with E-state index < -0.39 is 17.7 Å². The highest BCUT2D eigenvalue weighted by molar-refractivity contribution is 5.88. The van der Waals surface area contributed by atoms with E-state index in [-0.39, 0.29) is 17.1 Å². The van der Waals surface area contributed by atoms with Crippen molar-refractivity contribution in [2.75, 3.05) is 0 Å². The molecule has 1 N–H and O–H groups in total. The minimum atomic E-state index is -4.55. The molecule has 0 bridgehead atoms. The van der Waals surface area contributed by atoms with Gasteiger partial charge in [0.1, 0.15) is 11.5 Å². The molecule has 0 amide bonds. The van der Waals surface area contributed by atoms with Gasteiger partial charge in [-0.15, -0.1) is 0 Å². The zero-order valence-corrected chi connectivity index (χ0v) is 10.9. The fraction of sp³-hybridized carbons (Fsp3) is 0.133. The van der Waals surface area contributed by atoms with Gasteiger partial charge in [0.15, 0.2) is 0 Å². The number of aryl methyl sites for hydroxylation is 1. The highest BCUT2D eigenvalue weighted by Gasteiger charge is 2.34. The molecule has 0 aliphatic rings. The molecule has 110 valence electrons. The van der Waals surface area contributed by atoms with Crippen molar-refractivity contribution < 1.29 is 27.8 Å². The van der Waals surface area contributed by atoms with Gasteiger partial charge in [0.05, 0.1) is 11.1 Å². The average molecular weight is 296 g/mol. The molecule has 0 saturated carbocycles. The van der Waals surface area contributed by atoms with Gasteiger partial charge in [-0.2, -0.15) is 13.2 Å². The molecule has 0 heterocycles. The Labute approximate surface area is 118 Å². The molecule has 0 unspecified atom stereocenters. The summed E-state index contributed by atoms with van der Waals surface area (Å²) < 4.78 is 43.9. The molecule has 2 rings (SSSR count). The summed E-state index contributed by atoms with van der Waals surface area (Å²) in [6, 6.07) is 8.82. The van der Waals surface area contributed by atoms with Crippen LogP contribution < -0.4 is 4.74 Å². The van der Waals surface area contributed by atoms with Crippen LogP contribution in [0.15, 0.2) is 42.5 Å². The van der Waals surface area contributed by atoms with E-state index in [1.807, 2.05) is 0 Å². The van der Waals surface area contributed by atoms with Gasteiger partial charge < -0.3 is 9.84 Å². The molecule has 6 heteroatoms. The second-order valence-corrected chi connectivity index (χ2v) is 4.38. The molecule has 0 fully saturated rings. The molecule has 0 radical (unpaired) electrons. The zero-order chi connectivity index (χ0) is 15.6. The van der Waals surface area contributed by atoms with E-state index in [1.165, 1.54) is 36.4 Å². The lowest BCUT2D eigenvalue weighted by Crippen LogP contribution is -2.07. The number of alkyl halides is 3. The van der Waals surface area contributed by atoms with Gasteiger partial charge in [0.25, 0.3) is 0 Å². The fourth-order valence-electron chi connectivity index (χ4n) is 1.75. The topological polar surface area (TPSA) is 46.5 Å². The molecular weight excluding hydrogens is 285 g/mol. The third-order valence-electron chi connectivity index (χ3n) is 2.85. The summed E-state index contributed by atoms with van der Waals surface area (Å²) in [5, 5.41) is 8.91. The molecule has 0 atom stereocenters. The number of rotatable bonds is 3. The molecule has 0 aromatic heterocycles. The SMILES string of the molecule is Cc1ccc(C(=O)O)cc1Oc1ccccc1C(F)(F)F. The first-order valence-electron chi connectivity index (χ1n) is 5.97. The summed E-state index contributed by atoms with van der Waals surface area (Å²) in [5.74, 6) is -1.47. The Balaban J connectivity index is 2.44. The van der Waals surface area contributed by atoms with Crippen LogP contribution in [0.4, 0.5) is 13.2 Å². The van der Waals surface area contributed by atoms with Gasteiger partial charge in [-0.05, 0) is 36.8 Å². The van der Waals surface area contributed by atoms with Crippen LogP contribution in [0.25, 0.3) is 0 Å². The van der Waals surface area contributed by atoms with Crippen molar-refractivity contribution in [3.05, 3.63) is 59.2 Å². The number of benzene rings is 2. The number of para-hydroxylation sites is 1. The smallest absolute Gasteiger partial charge is 0.419 e. The maximum atomic E-state index is 12.9. The Morgan fingerprint density at radius 1 is 1.10 bits per heavy atom. The van der Waals surface area contributed by atoms with Crippen molar-refractivity contribution in [1.29, 1.82) is 0 Å². The van der Waals surface area contributed by atoms with E-state index in [9.17, 15) is 18.0 Å². The first-order chi connectivity index (χ1) is 9.79. The number of hydrogen-bond acceptors (Lipinski definition) is 2. The number of carboxylic acid groups (broad SMARTS) is 1. The predicted molar refractivity (Wildman–Crippen MR) is 69.7 cm³/mol. The third-order valence-corrected chi connectivity index (χ3v) is 2.85. The number of carboxylic acids is 1. The Hall–Kier alpha value is -2.50. The van der Waals surface area contributed by atoms with Crippen LogP contribution in [0.5, 0.6) is 11.5 Å². The number of aromatic carboxylic acids is 1. The molecule has 0 spiro atoms. The van der Waals surface area contributed by atoms with Gasteiger partial charge in [-0.1, -0.05) is 18.2 Å². The van der Waals surface area contributed by atoms with Crippen LogP contribution in [0.2, 0.25) is 0 Å². The summed E-state index contributed by atoms with van der Waals surface area (Å²) in [4.78, 5) is 10.9. The third kappa shape index (κ3) is 3.34. The first-order valence-corrected chi connectivity index (χ1v) is 5.97. The second-order valence-electron chi connectivity index (χ2n) is 4.38. The van der Waals surface area contributed by atoms with Gasteiger partial charge in [0.2, 0.25) is 0 Å². The fourth-order valence-corrected chi connectivity index (χ4v) is 1.75. The van der Waals surface area contributed by atoms with Crippen LogP contribution >= 0.6 is 0 Å². The normalized spacial score (nSPS) is 11.2. The lowest BCUT2D eigenvalue weighted by atomic mass is 10.1. The van der Waals surface area contributed by atoms with E-state index in [0.29, 0.717) is 5.56 Å². The molecular formula is C15H11F3O3. The van der Waals surface area contributed by atoms with Crippen molar-refractivity contribution in [3.63, 3.8) is 0 Å². The van der Waals surface area contributed by atoms with Gasteiger partial charge in [-0.25, -0.2) is 4.79 Å². The standard InChI is InChI=1S/C15H11F3O3/c1-9-6-7-10(14(19)20)8-13(9)21-12-5-3-2-4-11(12)15(16,17)18/h2-8H,1H3,(H,19,20). The lowest BCUT2D eigenvalue weighted by Gasteiger charge is -2.15. The van der Waals surface area contributed by atoms with Crippen LogP contribution in [-0.2, 0) is 6.18 Å². The number of halogens is 3. The number of ether oxygens (including phenoxy) is 1. The van der Waals surface area contributed by atoms with E-state index >= 15 is 0 Å². The predicted octanol–water partition coefficient (Wildman–Crippen LogP) is 4.50. The molecule has 0 saturated heterocycles. The minimum Gasteiger partial charge on any atom is -0.478 e. The summed E-state index contributed by atoms with van der Waals surface area (Å²) >= 11 is 0. The van der Waals surface area contributed by atoms with Crippen molar-refractivity contribution in [2.24, 2.45) is 0 Å². The molecule has 2 aromatic rings. The van der Waals surface area contributed by atoms with Crippen LogP contribution in [0, 0.1) is 6.92 Å². The quantitative estimate of drug-likeness (QED) is 0.906. The Morgan fingerprint density at radius 2 is 1.76 bits per heavy atom. The molecule has 2 aromatic carbocycles. The highest BCUT2D eigenvalue weighted by atomic mass is 19.4. The minimum absolute atomic E-state index is 0.0555. The Bertz CT molecular complexity index is 678. The van der Waals surface area contributed by atoms with Crippen molar-refractivity contribution in [3.8, 4) is 11.5 Å². The largest absolute Gasteiger partial charge is 0.478 e. The molecule has 0 aliphatic carbocycles. The van der Waals surface area contributed by atoms with Crippen LogP contribution in [0.1, 0.15) is 21.5 Å². The summed E-state index contributed by atoms with van der Waals surface area (Å²) in [6.45, 7) is 1.62. The summed E-state index contributed by atoms with van der Waals surface area (Å²) in [7, 11) is 0. The highest BCUT2D eigenvalue weighted by Crippen LogP contribution is 2.38. The molecule has 0 aliphatic heterocycles. The van der Waals surface area contributed by atoms with Crippen molar-refractivity contribution in [2.45, 2.75) is 13.1 Å². The maximum absolute atomic E-state index is 12.9. The van der Waals surface area contributed by atoms with E-state index in [0.717, 1.165) is 6.07 Å². The Morgan fingerprint density at radius 3 is 2.38 bits per heavy atom. The average Bonchev–Trinajstić information content (AvgIpc) is 2.40. The zero-order valence-electron chi connectivity index (χ0n) is 10.9. The molecule has 21 heavy (non-hydrogen) atoms. The first kappa shape index (κ1) is 14.9. The monoisotopic (exact) mass is 296 g/mol. The van der Waals surface area contributed by atoms with Gasteiger partial charge in [-0.3, -0.25) is 0 Å². The molecule has 3 nitrogen and oxygen atoms in total. The van der Waals surface area contributed by atoms with Crippen LogP contribution in [-0.4, -0.2) is 11.1 Å². The van der Waals surface area contributed by atoms with Crippen LogP contribution in [0.3, 0.4) is 0 Å². The summed E-state index contributed by atoms with van der Waals surface area (Å²) in [6.07, 6.45) is -4.55. The lowest BCUT2D eigenvalue weighted by molar-refractivity contribution is -0.138. The van der Waals surface area contributed by atoms with E-state index in [2.05, 4.69) is 0 Å². The van der Waals surface area contributed by atoms with Gasteiger partial charge >= 0.3 is 12.1 Å². The van der Waals surface area contributed by atoms with Crippen molar-refractivity contribution in [1.82, 2.24) is 0 Å². The van der Waals surface area contributed by atoms with Gasteiger partial charge in [0, 0.05) is 0 Å².